The van der Waals surface area contributed by atoms with Crippen molar-refractivity contribution in [2.24, 2.45) is 5.41 Å². The molecule has 100 valence electrons. The second-order valence-corrected chi connectivity index (χ2v) is 6.04. The van der Waals surface area contributed by atoms with E-state index in [9.17, 15) is 5.11 Å². The largest absolute Gasteiger partial charge is 0.392 e. The molecular formula is C16H20N2O. The smallest absolute Gasteiger partial charge is 0.0702 e. The number of pyridine rings is 1. The number of rotatable bonds is 3. The average Bonchev–Trinajstić information content (AvgIpc) is 2.43. The van der Waals surface area contributed by atoms with Gasteiger partial charge in [0.2, 0.25) is 0 Å². The zero-order chi connectivity index (χ0) is 13.5. The van der Waals surface area contributed by atoms with Gasteiger partial charge in [0.25, 0.3) is 0 Å². The minimum atomic E-state index is -0.175. The van der Waals surface area contributed by atoms with Crippen LogP contribution in [-0.2, 0) is 6.54 Å². The monoisotopic (exact) mass is 256 g/mol. The first-order chi connectivity index (χ1) is 9.07. The zero-order valence-corrected chi connectivity index (χ0v) is 11.4. The first-order valence-electron chi connectivity index (χ1n) is 6.82. The van der Waals surface area contributed by atoms with Crippen molar-refractivity contribution < 1.29 is 5.11 Å². The van der Waals surface area contributed by atoms with Gasteiger partial charge < -0.3 is 10.4 Å². The number of hydrogen-bond acceptors (Lipinski definition) is 3. The fourth-order valence-corrected chi connectivity index (χ4v) is 2.72. The summed E-state index contributed by atoms with van der Waals surface area (Å²) in [4.78, 5) is 4.32. The molecule has 1 heterocycles. The number of nitrogens with one attached hydrogen (secondary N) is 1. The standard InChI is InChI=1S/C16H20N2O/c1-16(2)14(9-15(16)19)18-10-11-5-6-13-12(8-11)4-3-7-17-13/h3-8,14-15,18-19H,9-10H2,1-2H3. The summed E-state index contributed by atoms with van der Waals surface area (Å²) in [5.74, 6) is 0. The van der Waals surface area contributed by atoms with Crippen molar-refractivity contribution in [3.63, 3.8) is 0 Å². The highest BCUT2D eigenvalue weighted by Gasteiger charge is 2.46. The molecule has 3 heteroatoms. The van der Waals surface area contributed by atoms with Gasteiger partial charge in [0, 0.05) is 29.6 Å². The van der Waals surface area contributed by atoms with Gasteiger partial charge in [-0.1, -0.05) is 26.0 Å². The van der Waals surface area contributed by atoms with Crippen LogP contribution in [0.25, 0.3) is 10.9 Å². The molecule has 3 rings (SSSR count). The quantitative estimate of drug-likeness (QED) is 0.887. The number of aliphatic hydroxyl groups excluding tert-OH is 1. The van der Waals surface area contributed by atoms with E-state index in [2.05, 4.69) is 48.4 Å². The van der Waals surface area contributed by atoms with Crippen molar-refractivity contribution >= 4 is 10.9 Å². The van der Waals surface area contributed by atoms with E-state index in [1.54, 1.807) is 0 Å². The maximum absolute atomic E-state index is 9.74. The van der Waals surface area contributed by atoms with E-state index in [0.29, 0.717) is 6.04 Å². The first kappa shape index (κ1) is 12.6. The molecule has 0 saturated heterocycles. The van der Waals surface area contributed by atoms with Crippen molar-refractivity contribution in [1.82, 2.24) is 10.3 Å². The summed E-state index contributed by atoms with van der Waals surface area (Å²) in [5.41, 5.74) is 2.28. The Morgan fingerprint density at radius 1 is 1.37 bits per heavy atom. The summed E-state index contributed by atoms with van der Waals surface area (Å²) in [6.45, 7) is 5.07. The van der Waals surface area contributed by atoms with E-state index in [0.717, 1.165) is 18.5 Å². The van der Waals surface area contributed by atoms with Gasteiger partial charge in [0.15, 0.2) is 0 Å². The van der Waals surface area contributed by atoms with Crippen molar-refractivity contribution in [2.75, 3.05) is 0 Å². The van der Waals surface area contributed by atoms with Gasteiger partial charge in [-0.15, -0.1) is 0 Å². The number of fused-ring (bicyclic) bond motifs is 1. The molecule has 0 radical (unpaired) electrons. The molecule has 1 saturated carbocycles. The third kappa shape index (κ3) is 2.24. The van der Waals surface area contributed by atoms with Gasteiger partial charge in [-0.25, -0.2) is 0 Å². The lowest BCUT2D eigenvalue weighted by Crippen LogP contribution is -2.59. The Bertz CT molecular complexity index is 594. The van der Waals surface area contributed by atoms with Crippen LogP contribution in [0.5, 0.6) is 0 Å². The maximum Gasteiger partial charge on any atom is 0.0702 e. The van der Waals surface area contributed by atoms with E-state index in [4.69, 9.17) is 0 Å². The third-order valence-corrected chi connectivity index (χ3v) is 4.44. The van der Waals surface area contributed by atoms with Crippen LogP contribution in [0.3, 0.4) is 0 Å². The fraction of sp³-hybridized carbons (Fsp3) is 0.438. The molecule has 0 amide bonds. The molecule has 2 N–H and O–H groups in total. The van der Waals surface area contributed by atoms with Crippen LogP contribution in [0.1, 0.15) is 25.8 Å². The van der Waals surface area contributed by atoms with E-state index < -0.39 is 0 Å². The highest BCUT2D eigenvalue weighted by atomic mass is 16.3. The number of benzene rings is 1. The summed E-state index contributed by atoms with van der Waals surface area (Å²) in [5, 5.41) is 14.5. The molecular weight excluding hydrogens is 236 g/mol. The van der Waals surface area contributed by atoms with Gasteiger partial charge in [-0.3, -0.25) is 4.98 Å². The highest BCUT2D eigenvalue weighted by Crippen LogP contribution is 2.40. The Morgan fingerprint density at radius 3 is 2.95 bits per heavy atom. The summed E-state index contributed by atoms with van der Waals surface area (Å²) < 4.78 is 0. The Morgan fingerprint density at radius 2 is 2.21 bits per heavy atom. The topological polar surface area (TPSA) is 45.1 Å². The minimum Gasteiger partial charge on any atom is -0.392 e. The van der Waals surface area contributed by atoms with Crippen LogP contribution < -0.4 is 5.32 Å². The summed E-state index contributed by atoms with van der Waals surface area (Å²) in [7, 11) is 0. The minimum absolute atomic E-state index is 0.0155. The lowest BCUT2D eigenvalue weighted by molar-refractivity contribution is -0.0729. The van der Waals surface area contributed by atoms with Crippen LogP contribution >= 0.6 is 0 Å². The maximum atomic E-state index is 9.74. The van der Waals surface area contributed by atoms with Crippen LogP contribution in [0.2, 0.25) is 0 Å². The molecule has 19 heavy (non-hydrogen) atoms. The van der Waals surface area contributed by atoms with Crippen molar-refractivity contribution in [2.45, 2.75) is 39.0 Å². The van der Waals surface area contributed by atoms with Crippen molar-refractivity contribution in [1.29, 1.82) is 0 Å². The number of hydrogen-bond donors (Lipinski definition) is 2. The lowest BCUT2D eigenvalue weighted by atomic mass is 9.64. The summed E-state index contributed by atoms with van der Waals surface area (Å²) in [6.07, 6.45) is 2.49. The van der Waals surface area contributed by atoms with E-state index in [-0.39, 0.29) is 11.5 Å². The predicted molar refractivity (Wildman–Crippen MR) is 76.8 cm³/mol. The molecule has 0 spiro atoms. The summed E-state index contributed by atoms with van der Waals surface area (Å²) in [6, 6.07) is 10.8. The average molecular weight is 256 g/mol. The number of nitrogens with zero attached hydrogens (tertiary/aromatic N) is 1. The second-order valence-electron chi connectivity index (χ2n) is 6.04. The lowest BCUT2D eigenvalue weighted by Gasteiger charge is -2.49. The molecule has 2 atom stereocenters. The van der Waals surface area contributed by atoms with Crippen LogP contribution in [-0.4, -0.2) is 22.2 Å². The number of aromatic nitrogens is 1. The van der Waals surface area contributed by atoms with Gasteiger partial charge in [0.1, 0.15) is 0 Å². The van der Waals surface area contributed by atoms with Crippen LogP contribution in [0.4, 0.5) is 0 Å². The van der Waals surface area contributed by atoms with E-state index >= 15 is 0 Å². The molecule has 2 aromatic rings. The first-order valence-corrected chi connectivity index (χ1v) is 6.82. The molecule has 0 aliphatic heterocycles. The summed E-state index contributed by atoms with van der Waals surface area (Å²) >= 11 is 0. The van der Waals surface area contributed by atoms with Crippen LogP contribution in [0.15, 0.2) is 36.5 Å². The molecule has 1 aromatic carbocycles. The predicted octanol–water partition coefficient (Wildman–Crippen LogP) is 2.48. The molecule has 3 nitrogen and oxygen atoms in total. The molecule has 2 unspecified atom stereocenters. The Hall–Kier alpha value is -1.45. The van der Waals surface area contributed by atoms with E-state index in [1.165, 1.54) is 10.9 Å². The normalized spacial score (nSPS) is 25.2. The molecule has 1 aromatic heterocycles. The van der Waals surface area contributed by atoms with Gasteiger partial charge in [-0.2, -0.15) is 0 Å². The fourth-order valence-electron chi connectivity index (χ4n) is 2.72. The van der Waals surface area contributed by atoms with Gasteiger partial charge >= 0.3 is 0 Å². The Kier molecular flexibility index (Phi) is 3.03. The van der Waals surface area contributed by atoms with Crippen LogP contribution in [0, 0.1) is 5.41 Å². The Balaban J connectivity index is 1.69. The van der Waals surface area contributed by atoms with Crippen molar-refractivity contribution in [3.05, 3.63) is 42.1 Å². The molecule has 1 fully saturated rings. The Labute approximate surface area is 113 Å². The van der Waals surface area contributed by atoms with Crippen molar-refractivity contribution in [3.8, 4) is 0 Å². The molecule has 1 aliphatic rings. The zero-order valence-electron chi connectivity index (χ0n) is 11.4. The molecule has 1 aliphatic carbocycles. The van der Waals surface area contributed by atoms with E-state index in [1.807, 2.05) is 12.3 Å². The second kappa shape index (κ2) is 4.58. The molecule has 0 bridgehead atoms. The SMILES string of the molecule is CC1(C)C(O)CC1NCc1ccc2ncccc2c1. The highest BCUT2D eigenvalue weighted by molar-refractivity contribution is 5.78. The van der Waals surface area contributed by atoms with Gasteiger partial charge in [-0.05, 0) is 30.2 Å². The van der Waals surface area contributed by atoms with Gasteiger partial charge in [0.05, 0.1) is 11.6 Å². The number of aliphatic hydroxyl groups is 1. The third-order valence-electron chi connectivity index (χ3n) is 4.44.